The van der Waals surface area contributed by atoms with Gasteiger partial charge >= 0.3 is 0 Å². The summed E-state index contributed by atoms with van der Waals surface area (Å²) in [6.07, 6.45) is 1.04. The van der Waals surface area contributed by atoms with Crippen LogP contribution in [-0.4, -0.2) is 12.2 Å². The van der Waals surface area contributed by atoms with Crippen molar-refractivity contribution < 1.29 is 5.11 Å². The molecule has 0 saturated carbocycles. The molecule has 1 N–H and O–H groups in total. The number of benzene rings is 2. The number of aromatic hydroxyl groups is 1. The smallest absolute Gasteiger partial charge is 0.139 e. The fourth-order valence-electron chi connectivity index (χ4n) is 2.02. The lowest BCUT2D eigenvalue weighted by atomic mass is 10.1. The lowest BCUT2D eigenvalue weighted by molar-refractivity contribution is 0.468. The molecule has 19 heavy (non-hydrogen) atoms. The zero-order valence-corrected chi connectivity index (χ0v) is 12.0. The summed E-state index contributed by atoms with van der Waals surface area (Å²) in [5.74, 6) is 0.168. The second-order valence-electron chi connectivity index (χ2n) is 4.62. The highest BCUT2D eigenvalue weighted by Gasteiger charge is 2.08. The molecule has 0 bridgehead atoms. The maximum Gasteiger partial charge on any atom is 0.139 e. The fraction of sp³-hybridized carbons (Fsp3) is 0.250. The van der Waals surface area contributed by atoms with E-state index in [1.807, 2.05) is 19.2 Å². The van der Waals surface area contributed by atoms with Gasteiger partial charge in [-0.3, -0.25) is 0 Å². The Balaban J connectivity index is 2.15. The van der Waals surface area contributed by atoms with Crippen LogP contribution in [0.25, 0.3) is 0 Å². The third-order valence-electron chi connectivity index (χ3n) is 3.26. The highest BCUT2D eigenvalue weighted by Crippen LogP contribution is 2.28. The molecule has 0 saturated heterocycles. The van der Waals surface area contributed by atoms with Crippen LogP contribution in [0.5, 0.6) is 5.75 Å². The molecule has 0 amide bonds. The monoisotopic (exact) mass is 275 g/mol. The van der Waals surface area contributed by atoms with Gasteiger partial charge in [0.15, 0.2) is 0 Å². The number of halogens is 1. The molecular formula is C16H18ClNO. The van der Waals surface area contributed by atoms with Crippen LogP contribution in [0, 0.1) is 0 Å². The molecule has 2 rings (SSSR count). The van der Waals surface area contributed by atoms with E-state index in [-0.39, 0.29) is 5.75 Å². The second kappa shape index (κ2) is 5.98. The topological polar surface area (TPSA) is 23.5 Å². The van der Waals surface area contributed by atoms with E-state index in [2.05, 4.69) is 36.1 Å². The van der Waals surface area contributed by atoms with E-state index in [1.165, 1.54) is 5.56 Å². The standard InChI is InChI=1S/C16H18ClNO/c1-3-12-7-9-14(10-8-12)18(2)11-13-5-4-6-15(17)16(13)19/h4-10,19H,3,11H2,1-2H3. The van der Waals surface area contributed by atoms with Gasteiger partial charge in [0.2, 0.25) is 0 Å². The van der Waals surface area contributed by atoms with E-state index < -0.39 is 0 Å². The van der Waals surface area contributed by atoms with Gasteiger partial charge < -0.3 is 10.0 Å². The zero-order chi connectivity index (χ0) is 13.8. The van der Waals surface area contributed by atoms with Crippen LogP contribution in [0.4, 0.5) is 5.69 Å². The average Bonchev–Trinajstić information content (AvgIpc) is 2.44. The highest BCUT2D eigenvalue weighted by molar-refractivity contribution is 6.32. The fourth-order valence-corrected chi connectivity index (χ4v) is 2.21. The quantitative estimate of drug-likeness (QED) is 0.902. The second-order valence-corrected chi connectivity index (χ2v) is 5.03. The van der Waals surface area contributed by atoms with E-state index in [4.69, 9.17) is 11.6 Å². The van der Waals surface area contributed by atoms with Crippen molar-refractivity contribution in [3.63, 3.8) is 0 Å². The van der Waals surface area contributed by atoms with Crippen molar-refractivity contribution in [3.05, 3.63) is 58.6 Å². The Kier molecular flexibility index (Phi) is 4.33. The molecule has 0 radical (unpaired) electrons. The lowest BCUT2D eigenvalue weighted by Gasteiger charge is -2.20. The van der Waals surface area contributed by atoms with Gasteiger partial charge in [-0.2, -0.15) is 0 Å². The van der Waals surface area contributed by atoms with Crippen molar-refractivity contribution in [2.24, 2.45) is 0 Å². The summed E-state index contributed by atoms with van der Waals surface area (Å²) in [5, 5.41) is 10.3. The molecule has 0 aliphatic carbocycles. The summed E-state index contributed by atoms with van der Waals surface area (Å²) < 4.78 is 0. The van der Waals surface area contributed by atoms with Crippen molar-refractivity contribution in [2.75, 3.05) is 11.9 Å². The Hall–Kier alpha value is -1.67. The Labute approximate surface area is 119 Å². The maximum absolute atomic E-state index is 9.92. The highest BCUT2D eigenvalue weighted by atomic mass is 35.5. The van der Waals surface area contributed by atoms with Crippen molar-refractivity contribution in [2.45, 2.75) is 19.9 Å². The molecule has 2 nitrogen and oxygen atoms in total. The van der Waals surface area contributed by atoms with Crippen LogP contribution in [0.15, 0.2) is 42.5 Å². The molecule has 0 fully saturated rings. The van der Waals surface area contributed by atoms with Crippen molar-refractivity contribution in [1.29, 1.82) is 0 Å². The minimum absolute atomic E-state index is 0.168. The minimum Gasteiger partial charge on any atom is -0.506 e. The van der Waals surface area contributed by atoms with Gasteiger partial charge in [-0.1, -0.05) is 42.8 Å². The van der Waals surface area contributed by atoms with Gasteiger partial charge in [-0.15, -0.1) is 0 Å². The number of para-hydroxylation sites is 1. The van der Waals surface area contributed by atoms with Gasteiger partial charge in [0.05, 0.1) is 5.02 Å². The van der Waals surface area contributed by atoms with Gasteiger partial charge in [0.25, 0.3) is 0 Å². The van der Waals surface area contributed by atoms with Crippen LogP contribution in [-0.2, 0) is 13.0 Å². The number of anilines is 1. The molecule has 0 atom stereocenters. The van der Waals surface area contributed by atoms with Crippen LogP contribution < -0.4 is 4.90 Å². The van der Waals surface area contributed by atoms with Gasteiger partial charge in [-0.25, -0.2) is 0 Å². The Morgan fingerprint density at radius 1 is 1.11 bits per heavy atom. The third kappa shape index (κ3) is 3.21. The van der Waals surface area contributed by atoms with Gasteiger partial charge in [0.1, 0.15) is 5.75 Å². The molecule has 2 aromatic rings. The van der Waals surface area contributed by atoms with E-state index in [1.54, 1.807) is 6.07 Å². The number of nitrogens with zero attached hydrogens (tertiary/aromatic N) is 1. The number of hydrogen-bond donors (Lipinski definition) is 1. The normalized spacial score (nSPS) is 10.5. The first-order valence-electron chi connectivity index (χ1n) is 6.38. The Morgan fingerprint density at radius 2 is 1.79 bits per heavy atom. The summed E-state index contributed by atoms with van der Waals surface area (Å²) in [5.41, 5.74) is 3.27. The first kappa shape index (κ1) is 13.8. The average molecular weight is 276 g/mol. The zero-order valence-electron chi connectivity index (χ0n) is 11.2. The first-order valence-corrected chi connectivity index (χ1v) is 6.76. The summed E-state index contributed by atoms with van der Waals surface area (Å²) in [7, 11) is 2.00. The summed E-state index contributed by atoms with van der Waals surface area (Å²) in [4.78, 5) is 2.09. The predicted octanol–water partition coefficient (Wildman–Crippen LogP) is 4.24. The molecule has 0 aliphatic rings. The van der Waals surface area contributed by atoms with E-state index in [9.17, 15) is 5.11 Å². The van der Waals surface area contributed by atoms with Crippen LogP contribution in [0.1, 0.15) is 18.1 Å². The van der Waals surface area contributed by atoms with Crippen molar-refractivity contribution in [3.8, 4) is 5.75 Å². The Bertz CT molecular complexity index is 551. The van der Waals surface area contributed by atoms with E-state index in [0.717, 1.165) is 17.7 Å². The number of phenolic OH excluding ortho intramolecular Hbond substituents is 1. The summed E-state index contributed by atoms with van der Waals surface area (Å²) in [6, 6.07) is 13.9. The molecule has 3 heteroatoms. The van der Waals surface area contributed by atoms with Crippen LogP contribution in [0.2, 0.25) is 5.02 Å². The Morgan fingerprint density at radius 3 is 2.42 bits per heavy atom. The molecule has 0 heterocycles. The van der Waals surface area contributed by atoms with Crippen LogP contribution >= 0.6 is 11.6 Å². The van der Waals surface area contributed by atoms with Crippen molar-refractivity contribution >= 4 is 17.3 Å². The molecule has 2 aromatic carbocycles. The number of aryl methyl sites for hydroxylation is 1. The largest absolute Gasteiger partial charge is 0.506 e. The number of rotatable bonds is 4. The summed E-state index contributed by atoms with van der Waals surface area (Å²) in [6.45, 7) is 2.76. The number of hydrogen-bond acceptors (Lipinski definition) is 2. The lowest BCUT2D eigenvalue weighted by Crippen LogP contribution is -2.16. The molecule has 0 unspecified atom stereocenters. The maximum atomic E-state index is 9.92. The van der Waals surface area contributed by atoms with E-state index >= 15 is 0 Å². The van der Waals surface area contributed by atoms with Gasteiger partial charge in [0, 0.05) is 24.8 Å². The SMILES string of the molecule is CCc1ccc(N(C)Cc2cccc(Cl)c2O)cc1. The molecule has 100 valence electrons. The van der Waals surface area contributed by atoms with Crippen molar-refractivity contribution in [1.82, 2.24) is 0 Å². The third-order valence-corrected chi connectivity index (χ3v) is 3.57. The molecular weight excluding hydrogens is 258 g/mol. The summed E-state index contributed by atoms with van der Waals surface area (Å²) >= 11 is 5.91. The van der Waals surface area contributed by atoms with E-state index in [0.29, 0.717) is 11.6 Å². The number of phenols is 1. The first-order chi connectivity index (χ1) is 9.11. The molecule has 0 spiro atoms. The minimum atomic E-state index is 0.168. The molecule has 0 aromatic heterocycles. The molecule has 0 aliphatic heterocycles. The van der Waals surface area contributed by atoms with Gasteiger partial charge in [-0.05, 0) is 30.2 Å². The predicted molar refractivity (Wildman–Crippen MR) is 81.0 cm³/mol. The van der Waals surface area contributed by atoms with Crippen LogP contribution in [0.3, 0.4) is 0 Å².